The molecular weight excluding hydrogens is 500 g/mol. The Labute approximate surface area is 198 Å². The number of nitrogens with zero attached hydrogens (tertiary/aromatic N) is 6. The van der Waals surface area contributed by atoms with Gasteiger partial charge in [0, 0.05) is 40.0 Å². The van der Waals surface area contributed by atoms with Crippen molar-refractivity contribution >= 4 is 81.1 Å². The number of hydrogen-bond donors (Lipinski definition) is 0. The molecule has 0 spiro atoms. The monoisotopic (exact) mass is 526 g/mol. The van der Waals surface area contributed by atoms with Crippen molar-refractivity contribution in [2.45, 2.75) is 41.5 Å². The molecule has 11 heteroatoms. The van der Waals surface area contributed by atoms with Crippen LogP contribution in [0, 0.1) is 0 Å². The minimum absolute atomic E-state index is 0.0718. The summed E-state index contributed by atoms with van der Waals surface area (Å²) in [6.07, 6.45) is 0. The van der Waals surface area contributed by atoms with Gasteiger partial charge in [0.2, 0.25) is 22.1 Å². The maximum absolute atomic E-state index is 12.3. The summed E-state index contributed by atoms with van der Waals surface area (Å²) < 4.78 is 2.69. The summed E-state index contributed by atoms with van der Waals surface area (Å²) in [5.41, 5.74) is 1.53. The molecule has 2 heterocycles. The number of fused-ring (bicyclic) bond motifs is 2. The van der Waals surface area contributed by atoms with Gasteiger partial charge in [-0.1, -0.05) is 50.4 Å². The topological polar surface area (TPSA) is 72.9 Å². The Bertz CT molecular complexity index is 1020. The molecule has 0 saturated carbocycles. The van der Waals surface area contributed by atoms with Gasteiger partial charge in [-0.05, 0) is 22.0 Å². The SMILES string of the molecule is CCN(CC)N(C(C)=O)c1nc2c(Br)c3nc(N(C(C)=O)N(CC)CC)sc3cc2s1. The van der Waals surface area contributed by atoms with Gasteiger partial charge in [-0.2, -0.15) is 0 Å². The van der Waals surface area contributed by atoms with E-state index >= 15 is 0 Å². The van der Waals surface area contributed by atoms with Gasteiger partial charge in [-0.3, -0.25) is 9.59 Å². The summed E-state index contributed by atoms with van der Waals surface area (Å²) in [5.74, 6) is -0.144. The first-order chi connectivity index (χ1) is 14.8. The molecule has 0 radical (unpaired) electrons. The maximum atomic E-state index is 12.3. The van der Waals surface area contributed by atoms with Crippen LogP contribution >= 0.6 is 38.6 Å². The van der Waals surface area contributed by atoms with Crippen LogP contribution in [0.5, 0.6) is 0 Å². The zero-order valence-electron chi connectivity index (χ0n) is 18.6. The summed E-state index contributed by atoms with van der Waals surface area (Å²) in [4.78, 5) is 34.2. The quantitative estimate of drug-likeness (QED) is 0.389. The lowest BCUT2D eigenvalue weighted by atomic mass is 10.3. The van der Waals surface area contributed by atoms with E-state index in [0.717, 1.165) is 24.9 Å². The molecule has 168 valence electrons. The van der Waals surface area contributed by atoms with Crippen LogP contribution in [0.2, 0.25) is 0 Å². The van der Waals surface area contributed by atoms with E-state index in [4.69, 9.17) is 9.97 Å². The van der Waals surface area contributed by atoms with Crippen LogP contribution in [-0.2, 0) is 9.59 Å². The first-order valence-electron chi connectivity index (χ1n) is 10.3. The number of hydrazine groups is 2. The van der Waals surface area contributed by atoms with E-state index in [1.54, 1.807) is 23.9 Å². The van der Waals surface area contributed by atoms with Gasteiger partial charge in [0.25, 0.3) is 0 Å². The van der Waals surface area contributed by atoms with E-state index in [1.807, 2.05) is 43.8 Å². The molecule has 3 rings (SSSR count). The molecule has 8 nitrogen and oxygen atoms in total. The van der Waals surface area contributed by atoms with Gasteiger partial charge in [0.05, 0.1) is 13.9 Å². The highest BCUT2D eigenvalue weighted by molar-refractivity contribution is 9.10. The van der Waals surface area contributed by atoms with Crippen LogP contribution in [-0.4, -0.2) is 58.0 Å². The third-order valence-corrected chi connectivity index (χ3v) is 7.65. The van der Waals surface area contributed by atoms with Crippen LogP contribution < -0.4 is 10.0 Å². The van der Waals surface area contributed by atoms with E-state index in [9.17, 15) is 9.59 Å². The Balaban J connectivity index is 2.13. The number of carbonyl (C=O) groups excluding carboxylic acids is 2. The lowest BCUT2D eigenvalue weighted by Crippen LogP contribution is -2.45. The van der Waals surface area contributed by atoms with Crippen LogP contribution in [0.1, 0.15) is 41.5 Å². The van der Waals surface area contributed by atoms with Crippen LogP contribution in [0.25, 0.3) is 20.4 Å². The molecule has 2 amide bonds. The van der Waals surface area contributed by atoms with Crippen molar-refractivity contribution in [3.8, 4) is 0 Å². The van der Waals surface area contributed by atoms with E-state index in [-0.39, 0.29) is 11.8 Å². The summed E-state index contributed by atoms with van der Waals surface area (Å²) in [6.45, 7) is 14.0. The van der Waals surface area contributed by atoms with Crippen molar-refractivity contribution < 1.29 is 9.59 Å². The normalized spacial score (nSPS) is 11.8. The molecule has 0 aliphatic carbocycles. The predicted molar refractivity (Wildman–Crippen MR) is 133 cm³/mol. The first kappa shape index (κ1) is 24.0. The zero-order chi connectivity index (χ0) is 22.9. The van der Waals surface area contributed by atoms with Crippen molar-refractivity contribution in [3.63, 3.8) is 0 Å². The standard InChI is InChI=1S/C20H27BrN6O2S2/c1-7-24(8-2)26(12(5)28)19-22-17-14(30-19)11-15-18(16(17)21)23-20(31-15)27(13(6)29)25(9-3)10-4/h11H,7-10H2,1-6H3. The van der Waals surface area contributed by atoms with Gasteiger partial charge in [0.15, 0.2) is 0 Å². The highest BCUT2D eigenvalue weighted by atomic mass is 79.9. The second-order valence-electron chi connectivity index (χ2n) is 6.82. The van der Waals surface area contributed by atoms with E-state index in [2.05, 4.69) is 15.9 Å². The predicted octanol–water partition coefficient (Wildman–Crippen LogP) is 4.89. The summed E-state index contributed by atoms with van der Waals surface area (Å²) in [5, 5.41) is 8.48. The molecule has 0 fully saturated rings. The molecule has 1 aromatic carbocycles. The van der Waals surface area contributed by atoms with Gasteiger partial charge >= 0.3 is 0 Å². The summed E-state index contributed by atoms with van der Waals surface area (Å²) >= 11 is 6.62. The molecule has 0 bridgehead atoms. The molecule has 31 heavy (non-hydrogen) atoms. The largest absolute Gasteiger partial charge is 0.273 e. The van der Waals surface area contributed by atoms with Crippen molar-refractivity contribution in [2.75, 3.05) is 36.2 Å². The number of thiazole rings is 2. The van der Waals surface area contributed by atoms with E-state index in [0.29, 0.717) is 36.4 Å². The molecule has 0 N–H and O–H groups in total. The van der Waals surface area contributed by atoms with Crippen molar-refractivity contribution in [1.82, 2.24) is 20.0 Å². The minimum Gasteiger partial charge on any atom is -0.273 e. The van der Waals surface area contributed by atoms with Gasteiger partial charge < -0.3 is 0 Å². The molecule has 0 saturated heterocycles. The minimum atomic E-state index is -0.0718. The number of amides is 2. The number of halogens is 1. The smallest absolute Gasteiger partial charge is 0.240 e. The lowest BCUT2D eigenvalue weighted by Gasteiger charge is -2.30. The molecule has 3 aromatic rings. The van der Waals surface area contributed by atoms with E-state index in [1.165, 1.54) is 22.7 Å². The fourth-order valence-corrected chi connectivity index (χ4v) is 6.60. The number of aromatic nitrogens is 2. The molecular formula is C20H27BrN6O2S2. The van der Waals surface area contributed by atoms with E-state index < -0.39 is 0 Å². The third-order valence-electron chi connectivity index (χ3n) is 4.95. The molecule has 0 unspecified atom stereocenters. The average molecular weight is 528 g/mol. The third kappa shape index (κ3) is 4.47. The first-order valence-corrected chi connectivity index (χ1v) is 12.7. The Morgan fingerprint density at radius 1 is 0.806 bits per heavy atom. The molecule has 0 aliphatic heterocycles. The van der Waals surface area contributed by atoms with Gasteiger partial charge in [0.1, 0.15) is 11.0 Å². The number of rotatable bonds is 8. The molecule has 0 aliphatic rings. The fraction of sp³-hybridized carbons (Fsp3) is 0.500. The van der Waals surface area contributed by atoms with Gasteiger partial charge in [-0.15, -0.1) is 0 Å². The molecule has 2 aromatic heterocycles. The number of anilines is 2. The Kier molecular flexibility index (Phi) is 7.63. The molecule has 0 atom stereocenters. The number of benzene rings is 1. The fourth-order valence-electron chi connectivity index (χ4n) is 3.49. The lowest BCUT2D eigenvalue weighted by molar-refractivity contribution is -0.120. The van der Waals surface area contributed by atoms with Gasteiger partial charge in [-0.25, -0.2) is 30.0 Å². The van der Waals surface area contributed by atoms with Crippen molar-refractivity contribution in [3.05, 3.63) is 10.5 Å². The Morgan fingerprint density at radius 2 is 1.16 bits per heavy atom. The van der Waals surface area contributed by atoms with Crippen LogP contribution in [0.3, 0.4) is 0 Å². The summed E-state index contributed by atoms with van der Waals surface area (Å²) in [7, 11) is 0. The Morgan fingerprint density at radius 3 is 1.45 bits per heavy atom. The zero-order valence-corrected chi connectivity index (χ0v) is 21.8. The highest BCUT2D eigenvalue weighted by Gasteiger charge is 2.26. The van der Waals surface area contributed by atoms with Crippen molar-refractivity contribution in [1.29, 1.82) is 0 Å². The van der Waals surface area contributed by atoms with Crippen molar-refractivity contribution in [2.24, 2.45) is 0 Å². The number of carbonyl (C=O) groups is 2. The second kappa shape index (κ2) is 9.86. The maximum Gasteiger partial charge on any atom is 0.240 e. The Hall–Kier alpha value is -1.66. The summed E-state index contributed by atoms with van der Waals surface area (Å²) in [6, 6.07) is 2.04. The highest BCUT2D eigenvalue weighted by Crippen LogP contribution is 2.42. The van der Waals surface area contributed by atoms with Crippen LogP contribution in [0.15, 0.2) is 10.5 Å². The number of hydrogen-bond acceptors (Lipinski definition) is 8. The second-order valence-corrected chi connectivity index (χ2v) is 9.63. The van der Waals surface area contributed by atoms with Crippen LogP contribution in [0.4, 0.5) is 10.3 Å². The average Bonchev–Trinajstić information content (AvgIpc) is 3.33.